The Morgan fingerprint density at radius 3 is 1.81 bits per heavy atom. The van der Waals surface area contributed by atoms with Crippen molar-refractivity contribution in [2.24, 2.45) is 11.8 Å². The molecule has 0 aliphatic carbocycles. The number of carbonyl (C=O) groups is 2. The summed E-state index contributed by atoms with van der Waals surface area (Å²) in [5, 5.41) is 0. The molecule has 0 spiro atoms. The molecule has 3 rings (SSSR count). The maximum atomic E-state index is 12.9. The van der Waals surface area contributed by atoms with Crippen molar-refractivity contribution in [3.8, 4) is 0 Å². The molecule has 0 bridgehead atoms. The highest BCUT2D eigenvalue weighted by molar-refractivity contribution is 5.86. The Bertz CT molecular complexity index is 598. The molecule has 2 atom stereocenters. The highest BCUT2D eigenvalue weighted by Crippen LogP contribution is 2.19. The van der Waals surface area contributed by atoms with Crippen molar-refractivity contribution in [2.45, 2.75) is 39.5 Å². The lowest BCUT2D eigenvalue weighted by Crippen LogP contribution is -2.49. The highest BCUT2D eigenvalue weighted by atomic mass is 16.2. The molecule has 5 nitrogen and oxygen atoms in total. The molecular weight excluding hydrogens is 338 g/mol. The van der Waals surface area contributed by atoms with E-state index in [0.717, 1.165) is 44.7 Å². The predicted molar refractivity (Wildman–Crippen MR) is 109 cm³/mol. The molecule has 27 heavy (non-hydrogen) atoms. The maximum Gasteiger partial charge on any atom is 0.242 e. The summed E-state index contributed by atoms with van der Waals surface area (Å²) in [4.78, 5) is 31.7. The lowest BCUT2D eigenvalue weighted by atomic mass is 10.00. The Morgan fingerprint density at radius 2 is 1.37 bits per heavy atom. The maximum absolute atomic E-state index is 12.9. The van der Waals surface area contributed by atoms with Crippen molar-refractivity contribution >= 4 is 17.5 Å². The first-order valence-electron chi connectivity index (χ1n) is 10.4. The minimum atomic E-state index is 0.130. The van der Waals surface area contributed by atoms with Gasteiger partial charge in [0.15, 0.2) is 0 Å². The third-order valence-electron chi connectivity index (χ3n) is 5.79. The largest absolute Gasteiger partial charge is 0.353 e. The molecule has 2 fully saturated rings. The van der Waals surface area contributed by atoms with Crippen LogP contribution in [0.25, 0.3) is 0 Å². The van der Waals surface area contributed by atoms with Crippen LogP contribution in [0.3, 0.4) is 0 Å². The molecule has 0 saturated carbocycles. The fourth-order valence-corrected chi connectivity index (χ4v) is 4.24. The molecule has 2 aliphatic rings. The summed E-state index contributed by atoms with van der Waals surface area (Å²) in [5.41, 5.74) is 0.939. The van der Waals surface area contributed by atoms with E-state index >= 15 is 0 Å². The SMILES string of the molecule is CC1CCCN(C(=O)CN(CC(=O)N2CCCC(C)C2)c2ccccc2)C1. The number of rotatable bonds is 5. The highest BCUT2D eigenvalue weighted by Gasteiger charge is 2.26. The Hall–Kier alpha value is -2.04. The summed E-state index contributed by atoms with van der Waals surface area (Å²) >= 11 is 0. The number of hydrogen-bond acceptors (Lipinski definition) is 3. The van der Waals surface area contributed by atoms with Gasteiger partial charge in [0.1, 0.15) is 0 Å². The van der Waals surface area contributed by atoms with Gasteiger partial charge in [-0.3, -0.25) is 9.59 Å². The van der Waals surface area contributed by atoms with Crippen molar-refractivity contribution in [1.82, 2.24) is 9.80 Å². The predicted octanol–water partition coefficient (Wildman–Crippen LogP) is 3.01. The van der Waals surface area contributed by atoms with Crippen LogP contribution in [0.2, 0.25) is 0 Å². The molecule has 1 aromatic carbocycles. The normalized spacial score (nSPS) is 23.2. The molecule has 2 amide bonds. The van der Waals surface area contributed by atoms with Crippen molar-refractivity contribution in [3.63, 3.8) is 0 Å². The number of carbonyl (C=O) groups excluding carboxylic acids is 2. The zero-order chi connectivity index (χ0) is 19.2. The molecule has 2 aliphatic heterocycles. The fraction of sp³-hybridized carbons (Fsp3) is 0.636. The summed E-state index contributed by atoms with van der Waals surface area (Å²) < 4.78 is 0. The lowest BCUT2D eigenvalue weighted by Gasteiger charge is -2.35. The third kappa shape index (κ3) is 5.47. The molecule has 1 aromatic rings. The van der Waals surface area contributed by atoms with Crippen LogP contribution < -0.4 is 4.90 Å². The van der Waals surface area contributed by atoms with Gasteiger partial charge in [0.25, 0.3) is 0 Å². The standard InChI is InChI=1S/C22H33N3O2/c1-18-8-6-12-23(14-18)21(26)16-25(20-10-4-3-5-11-20)17-22(27)24-13-7-9-19(2)15-24/h3-5,10-11,18-19H,6-9,12-17H2,1-2H3. The van der Waals surface area contributed by atoms with Gasteiger partial charge in [-0.05, 0) is 49.7 Å². The minimum absolute atomic E-state index is 0.130. The molecule has 2 saturated heterocycles. The van der Waals surface area contributed by atoms with Gasteiger partial charge in [0.2, 0.25) is 11.8 Å². The Balaban J connectivity index is 1.67. The molecule has 0 N–H and O–H groups in total. The molecular formula is C22H33N3O2. The smallest absolute Gasteiger partial charge is 0.242 e. The summed E-state index contributed by atoms with van der Waals surface area (Å²) in [5.74, 6) is 1.38. The summed E-state index contributed by atoms with van der Waals surface area (Å²) in [6, 6.07) is 9.85. The lowest BCUT2D eigenvalue weighted by molar-refractivity contribution is -0.132. The quantitative estimate of drug-likeness (QED) is 0.799. The van der Waals surface area contributed by atoms with E-state index in [1.807, 2.05) is 45.0 Å². The zero-order valence-electron chi connectivity index (χ0n) is 16.8. The topological polar surface area (TPSA) is 43.9 Å². The Kier molecular flexibility index (Phi) is 6.75. The molecule has 2 unspecified atom stereocenters. The second-order valence-corrected chi connectivity index (χ2v) is 8.37. The van der Waals surface area contributed by atoms with Gasteiger partial charge in [-0.1, -0.05) is 32.0 Å². The van der Waals surface area contributed by atoms with Crippen LogP contribution in [0.5, 0.6) is 0 Å². The third-order valence-corrected chi connectivity index (χ3v) is 5.79. The number of amides is 2. The summed E-state index contributed by atoms with van der Waals surface area (Å²) in [6.45, 7) is 8.29. The van der Waals surface area contributed by atoms with Gasteiger partial charge in [-0.2, -0.15) is 0 Å². The number of nitrogens with zero attached hydrogens (tertiary/aromatic N) is 3. The van der Waals surface area contributed by atoms with Crippen LogP contribution in [-0.2, 0) is 9.59 Å². The zero-order valence-corrected chi connectivity index (χ0v) is 16.8. The van der Waals surface area contributed by atoms with Crippen LogP contribution in [0.1, 0.15) is 39.5 Å². The van der Waals surface area contributed by atoms with Gasteiger partial charge < -0.3 is 14.7 Å². The number of likely N-dealkylation sites (tertiary alicyclic amines) is 2. The van der Waals surface area contributed by atoms with Crippen LogP contribution in [-0.4, -0.2) is 60.9 Å². The number of benzene rings is 1. The van der Waals surface area contributed by atoms with Gasteiger partial charge in [-0.25, -0.2) is 0 Å². The van der Waals surface area contributed by atoms with E-state index in [4.69, 9.17) is 0 Å². The second-order valence-electron chi connectivity index (χ2n) is 8.37. The first-order chi connectivity index (χ1) is 13.0. The second kappa shape index (κ2) is 9.25. The number of hydrogen-bond donors (Lipinski definition) is 0. The van der Waals surface area contributed by atoms with E-state index in [1.165, 1.54) is 12.8 Å². The summed E-state index contributed by atoms with van der Waals surface area (Å²) in [7, 11) is 0. The summed E-state index contributed by atoms with van der Waals surface area (Å²) in [6.07, 6.45) is 4.53. The van der Waals surface area contributed by atoms with E-state index in [0.29, 0.717) is 11.8 Å². The van der Waals surface area contributed by atoms with Crippen LogP contribution in [0.4, 0.5) is 5.69 Å². The fourth-order valence-electron chi connectivity index (χ4n) is 4.24. The van der Waals surface area contributed by atoms with Gasteiger partial charge in [0.05, 0.1) is 13.1 Å². The molecule has 148 valence electrons. The number of para-hydroxylation sites is 1. The first-order valence-corrected chi connectivity index (χ1v) is 10.4. The van der Waals surface area contributed by atoms with E-state index in [1.54, 1.807) is 0 Å². The minimum Gasteiger partial charge on any atom is -0.353 e. The number of anilines is 1. The van der Waals surface area contributed by atoms with Crippen LogP contribution in [0.15, 0.2) is 30.3 Å². The Labute approximate surface area is 163 Å². The average molecular weight is 372 g/mol. The van der Waals surface area contributed by atoms with Crippen molar-refractivity contribution in [3.05, 3.63) is 30.3 Å². The molecule has 0 radical (unpaired) electrons. The van der Waals surface area contributed by atoms with Crippen molar-refractivity contribution in [2.75, 3.05) is 44.2 Å². The van der Waals surface area contributed by atoms with E-state index in [2.05, 4.69) is 13.8 Å². The molecule has 2 heterocycles. The van der Waals surface area contributed by atoms with Crippen molar-refractivity contribution < 1.29 is 9.59 Å². The van der Waals surface area contributed by atoms with Crippen LogP contribution in [0, 0.1) is 11.8 Å². The van der Waals surface area contributed by atoms with E-state index in [-0.39, 0.29) is 24.9 Å². The van der Waals surface area contributed by atoms with Crippen LogP contribution >= 0.6 is 0 Å². The van der Waals surface area contributed by atoms with Gasteiger partial charge >= 0.3 is 0 Å². The average Bonchev–Trinajstić information content (AvgIpc) is 2.68. The van der Waals surface area contributed by atoms with E-state index in [9.17, 15) is 9.59 Å². The molecule has 5 heteroatoms. The van der Waals surface area contributed by atoms with Gasteiger partial charge in [-0.15, -0.1) is 0 Å². The van der Waals surface area contributed by atoms with E-state index < -0.39 is 0 Å². The van der Waals surface area contributed by atoms with Crippen molar-refractivity contribution in [1.29, 1.82) is 0 Å². The molecule has 0 aromatic heterocycles. The first kappa shape index (κ1) is 19.7. The Morgan fingerprint density at radius 1 is 0.889 bits per heavy atom. The van der Waals surface area contributed by atoms with Gasteiger partial charge in [0, 0.05) is 31.9 Å². The number of piperidine rings is 2. The monoisotopic (exact) mass is 371 g/mol.